The van der Waals surface area contributed by atoms with E-state index in [0.717, 1.165) is 25.7 Å². The van der Waals surface area contributed by atoms with Crippen LogP contribution in [0, 0.1) is 35.5 Å². The number of ether oxygens (including phenoxy) is 18. The molecule has 7 rings (SSSR count). The fourth-order valence-electron chi connectivity index (χ4n) is 18.3. The molecule has 0 amide bonds. The number of carbonyl (C=O) groups excluding carboxylic acids is 2. The van der Waals surface area contributed by atoms with Gasteiger partial charge in [-0.05, 0) is 142 Å². The quantitative estimate of drug-likeness (QED) is 0.0329. The normalized spacial score (nSPS) is 40.1. The molecule has 28 heteroatoms. The van der Waals surface area contributed by atoms with E-state index in [0.29, 0.717) is 75.4 Å². The summed E-state index contributed by atoms with van der Waals surface area (Å²) in [5, 5.41) is 94.5. The van der Waals surface area contributed by atoms with Crippen molar-refractivity contribution in [3.05, 3.63) is 71.9 Å². The van der Waals surface area contributed by atoms with Crippen molar-refractivity contribution in [2.75, 3.05) is 70.1 Å². The molecule has 0 aromatic heterocycles. The minimum absolute atomic E-state index is 0.0202. The molecule has 36 unspecified atom stereocenters. The molecule has 28 nitrogen and oxygen atoms in total. The van der Waals surface area contributed by atoms with Gasteiger partial charge in [0.05, 0.1) is 135 Å². The molecule has 4 saturated heterocycles. The van der Waals surface area contributed by atoms with E-state index in [1.54, 1.807) is 54.4 Å². The third-order valence-corrected chi connectivity index (χ3v) is 25.6. The number of methoxy groups -OCH3 is 8. The van der Waals surface area contributed by atoms with Gasteiger partial charge in [-0.3, -0.25) is 0 Å². The second-order valence-corrected chi connectivity index (χ2v) is 35.0. The number of aliphatic hydroxyl groups excluding tert-OH is 8. The SMILES string of the molecule is COC1CC(C)OC(CCC(C)C(O)C(C)C2OC(=O)C=CC(C)=CCC(OC3OCC(O)C(OC)C3OC)CC3C=CCC(CC(OC)CC(O)CC(O)C(C)C(C(C)C(O)C(C)CCC4CC(OC)CC(C)O4)OC(=O)C=CC(C)=CCC(OC4OCC(O)C(OC)C4OC)CC4C=CCC(CC(OC)CC(O)CC(O)C2C)O4)O3)C1. The minimum Gasteiger partial charge on any atom is -0.458 e. The summed E-state index contributed by atoms with van der Waals surface area (Å²) in [4.78, 5) is 28.7. The first-order valence-electron chi connectivity index (χ1n) is 43.6. The van der Waals surface area contributed by atoms with E-state index in [4.69, 9.17) is 85.3 Å². The Balaban J connectivity index is 1.18. The molecule has 0 aliphatic carbocycles. The number of carbonyl (C=O) groups is 2. The summed E-state index contributed by atoms with van der Waals surface area (Å²) in [6.45, 7) is 18.6. The Morgan fingerprint density at radius 1 is 0.407 bits per heavy atom. The standard InChI is InChI=1S/C90H152O28/c1-51-25-31-69(115-89-87(107-17)85(105-15)77(95)49-109-89)43-63-21-19-23-65(113-63)45-73(103-13)40-62(92)42-76(94)58(8)84(60(10)82(100)54(4)30-34-68-48-72(102-12)38-56(6)112-68)118-80(98)36-28-52(2)26-32-70(116-90-88(108-18)86(106-16)78(96)50-110-90)44-64-22-20-24-66(114-64)46-74(104-14)39-61(91)41-75(93)57(7)83(117-79(97)35-27-51)59(9)81(99)53(3)29-33-67-47-71(101-11)37-55(5)111-67/h19-22,25-28,35-36,53-78,81-96,99-100H,23-24,29-34,37-50H2,1-18H3. The van der Waals surface area contributed by atoms with Crippen LogP contribution in [0.4, 0.5) is 0 Å². The van der Waals surface area contributed by atoms with Gasteiger partial charge in [0.25, 0.3) is 0 Å². The van der Waals surface area contributed by atoms with Crippen LogP contribution in [0.1, 0.15) is 198 Å². The van der Waals surface area contributed by atoms with Crippen molar-refractivity contribution in [1.82, 2.24) is 0 Å². The third-order valence-electron chi connectivity index (χ3n) is 25.6. The molecule has 4 bridgehead atoms. The van der Waals surface area contributed by atoms with Crippen molar-refractivity contribution in [3.8, 4) is 0 Å². The van der Waals surface area contributed by atoms with Crippen LogP contribution in [0.3, 0.4) is 0 Å². The van der Waals surface area contributed by atoms with Crippen LogP contribution < -0.4 is 0 Å². The maximum Gasteiger partial charge on any atom is 0.331 e. The van der Waals surface area contributed by atoms with Crippen molar-refractivity contribution in [2.45, 2.75) is 381 Å². The van der Waals surface area contributed by atoms with E-state index in [2.05, 4.69) is 0 Å². The highest BCUT2D eigenvalue weighted by Crippen LogP contribution is 2.38. The van der Waals surface area contributed by atoms with E-state index in [1.807, 2.05) is 91.8 Å². The average molecular weight is 1680 g/mol. The molecule has 0 aromatic rings. The molecule has 36 atom stereocenters. The average Bonchev–Trinajstić information content (AvgIpc) is 0.830. The molecule has 8 N–H and O–H groups in total. The van der Waals surface area contributed by atoms with Gasteiger partial charge in [-0.15, -0.1) is 0 Å². The molecule has 118 heavy (non-hydrogen) atoms. The number of hydrogen-bond donors (Lipinski definition) is 8. The molecule has 7 aliphatic rings. The highest BCUT2D eigenvalue weighted by atomic mass is 16.7. The molecular weight excluding hydrogens is 1530 g/mol. The Kier molecular flexibility index (Phi) is 44.5. The van der Waals surface area contributed by atoms with Gasteiger partial charge in [0.1, 0.15) is 48.8 Å². The number of aliphatic hydroxyl groups is 8. The predicted molar refractivity (Wildman–Crippen MR) is 441 cm³/mol. The van der Waals surface area contributed by atoms with Crippen LogP contribution in [0.15, 0.2) is 71.9 Å². The van der Waals surface area contributed by atoms with Gasteiger partial charge in [-0.25, -0.2) is 9.59 Å². The molecule has 0 aromatic carbocycles. The summed E-state index contributed by atoms with van der Waals surface area (Å²) < 4.78 is 111. The monoisotopic (exact) mass is 1680 g/mol. The van der Waals surface area contributed by atoms with Crippen molar-refractivity contribution in [1.29, 1.82) is 0 Å². The Labute approximate surface area is 703 Å². The fourth-order valence-corrected chi connectivity index (χ4v) is 18.3. The highest BCUT2D eigenvalue weighted by Gasteiger charge is 2.46. The first-order chi connectivity index (χ1) is 56.3. The maximum absolute atomic E-state index is 14.3. The number of allylic oxidation sites excluding steroid dienone is 4. The number of rotatable bonds is 24. The van der Waals surface area contributed by atoms with Crippen LogP contribution in [-0.2, 0) is 94.9 Å². The Hall–Kier alpha value is -3.58. The van der Waals surface area contributed by atoms with Gasteiger partial charge in [0, 0.05) is 118 Å². The van der Waals surface area contributed by atoms with E-state index < -0.39 is 170 Å². The van der Waals surface area contributed by atoms with Gasteiger partial charge < -0.3 is 126 Å². The van der Waals surface area contributed by atoms with Gasteiger partial charge in [0.15, 0.2) is 12.6 Å². The van der Waals surface area contributed by atoms with Gasteiger partial charge in [-0.1, -0.05) is 101 Å². The lowest BCUT2D eigenvalue weighted by Gasteiger charge is -2.40. The number of fused-ring (bicyclic) bond motifs is 4. The van der Waals surface area contributed by atoms with E-state index in [9.17, 15) is 50.4 Å². The maximum atomic E-state index is 14.3. The summed E-state index contributed by atoms with van der Waals surface area (Å²) in [5.41, 5.74) is 1.35. The molecule has 4 fully saturated rings. The van der Waals surface area contributed by atoms with Gasteiger partial charge in [0.2, 0.25) is 0 Å². The second-order valence-electron chi connectivity index (χ2n) is 35.0. The van der Waals surface area contributed by atoms with Crippen molar-refractivity contribution in [2.24, 2.45) is 35.5 Å². The molecule has 7 heterocycles. The number of hydrogen-bond acceptors (Lipinski definition) is 28. The van der Waals surface area contributed by atoms with E-state index in [1.165, 1.54) is 40.6 Å². The summed E-state index contributed by atoms with van der Waals surface area (Å²) in [6.07, 6.45) is 6.78. The zero-order valence-electron chi connectivity index (χ0n) is 73.9. The first-order valence-corrected chi connectivity index (χ1v) is 43.6. The predicted octanol–water partition coefficient (Wildman–Crippen LogP) is 9.16. The molecule has 0 saturated carbocycles. The molecule has 680 valence electrons. The van der Waals surface area contributed by atoms with Gasteiger partial charge in [-0.2, -0.15) is 0 Å². The zero-order valence-corrected chi connectivity index (χ0v) is 73.9. The molecule has 0 radical (unpaired) electrons. The van der Waals surface area contributed by atoms with Crippen LogP contribution in [0.5, 0.6) is 0 Å². The second kappa shape index (κ2) is 51.8. The summed E-state index contributed by atoms with van der Waals surface area (Å²) >= 11 is 0. The highest BCUT2D eigenvalue weighted by molar-refractivity contribution is 5.83. The topological polar surface area (TPSA) is 362 Å². The number of cyclic esters (lactones) is 2. The van der Waals surface area contributed by atoms with Crippen LogP contribution in [0.25, 0.3) is 0 Å². The van der Waals surface area contributed by atoms with Crippen molar-refractivity contribution < 1.29 is 136 Å². The fraction of sp³-hybridized carbons (Fsp3) is 0.844. The largest absolute Gasteiger partial charge is 0.458 e. The summed E-state index contributed by atoms with van der Waals surface area (Å²) in [5.74, 6) is -4.93. The summed E-state index contributed by atoms with van der Waals surface area (Å²) in [7, 11) is 12.5. The first kappa shape index (κ1) is 102. The van der Waals surface area contributed by atoms with E-state index in [-0.39, 0.29) is 112 Å². The molecular formula is C90H152O28. The van der Waals surface area contributed by atoms with Crippen molar-refractivity contribution in [3.63, 3.8) is 0 Å². The number of esters is 2. The van der Waals surface area contributed by atoms with Gasteiger partial charge >= 0.3 is 11.9 Å². The minimum atomic E-state index is -1.21. The summed E-state index contributed by atoms with van der Waals surface area (Å²) in [6, 6.07) is 0. The zero-order chi connectivity index (χ0) is 86.4. The Bertz CT molecular complexity index is 2850. The Morgan fingerprint density at radius 3 is 1.11 bits per heavy atom. The third kappa shape index (κ3) is 32.1. The van der Waals surface area contributed by atoms with Crippen LogP contribution >= 0.6 is 0 Å². The van der Waals surface area contributed by atoms with Crippen molar-refractivity contribution >= 4 is 11.9 Å². The molecule has 7 aliphatic heterocycles. The Morgan fingerprint density at radius 2 is 0.763 bits per heavy atom. The smallest absolute Gasteiger partial charge is 0.331 e. The lowest BCUT2D eigenvalue weighted by atomic mass is 9.79. The van der Waals surface area contributed by atoms with E-state index >= 15 is 0 Å². The van der Waals surface area contributed by atoms with Crippen LogP contribution in [0.2, 0.25) is 0 Å². The molecule has 0 spiro atoms. The van der Waals surface area contributed by atoms with Crippen LogP contribution in [-0.4, -0.2) is 306 Å². The lowest BCUT2D eigenvalue weighted by Crippen LogP contribution is -2.56. The lowest BCUT2D eigenvalue weighted by molar-refractivity contribution is -0.293.